The highest BCUT2D eigenvalue weighted by Gasteiger charge is 2.31. The van der Waals surface area contributed by atoms with Gasteiger partial charge in [-0.2, -0.15) is 20.4 Å². The quantitative estimate of drug-likeness (QED) is 0.122. The second kappa shape index (κ2) is 20.6. The number of aromatic nitrogens is 12. The lowest BCUT2D eigenvalue weighted by Gasteiger charge is -2.33. The molecule has 6 aromatic heterocycles. The summed E-state index contributed by atoms with van der Waals surface area (Å²) in [6, 6.07) is 6.03. The summed E-state index contributed by atoms with van der Waals surface area (Å²) in [5.41, 5.74) is 6.58. The molecule has 4 atom stereocenters. The minimum atomic E-state index is -0.521. The van der Waals surface area contributed by atoms with Crippen molar-refractivity contribution in [2.24, 2.45) is 7.05 Å². The van der Waals surface area contributed by atoms with Crippen LogP contribution in [0.2, 0.25) is 0 Å². The van der Waals surface area contributed by atoms with Gasteiger partial charge in [0.2, 0.25) is 23.5 Å². The first-order valence-electron chi connectivity index (χ1n) is 26.0. The minimum Gasteiger partial charge on any atom is -0.473 e. The fourth-order valence-electron chi connectivity index (χ4n) is 10.6. The summed E-state index contributed by atoms with van der Waals surface area (Å²) >= 11 is 0. The number of nitrogens with zero attached hydrogens (tertiary/aromatic N) is 13. The predicted octanol–water partition coefficient (Wildman–Crippen LogP) is 7.38. The molecular formula is C54H64F2N14O6. The van der Waals surface area contributed by atoms with E-state index in [9.17, 15) is 10.2 Å². The lowest BCUT2D eigenvalue weighted by Crippen LogP contribution is -2.41. The average Bonchev–Trinajstić information content (AvgIpc) is 4.23. The lowest BCUT2D eigenvalue weighted by atomic mass is 10.0. The molecule has 0 amide bonds. The Hall–Kier alpha value is -7.40. The fourth-order valence-corrected chi connectivity index (χ4v) is 10.6. The van der Waals surface area contributed by atoms with Gasteiger partial charge in [-0.3, -0.25) is 24.3 Å². The maximum Gasteiger partial charge on any atom is 0.240 e. The normalized spacial score (nSPS) is 19.3. The number of hydrogen-bond donors (Lipinski definition) is 3. The second-order valence-corrected chi connectivity index (χ2v) is 20.7. The number of hydrogen-bond acceptors (Lipinski definition) is 14. The Bertz CT molecular complexity index is 3510. The van der Waals surface area contributed by atoms with Gasteiger partial charge >= 0.3 is 0 Å². The van der Waals surface area contributed by atoms with Gasteiger partial charge in [-0.05, 0) is 104 Å². The van der Waals surface area contributed by atoms with E-state index < -0.39 is 17.7 Å². The van der Waals surface area contributed by atoms with E-state index in [0.29, 0.717) is 93.7 Å². The summed E-state index contributed by atoms with van der Waals surface area (Å²) in [6.45, 7) is 14.3. The fraction of sp³-hybridized carbons (Fsp3) is 0.444. The van der Waals surface area contributed by atoms with Crippen LogP contribution in [0.5, 0.6) is 23.5 Å². The van der Waals surface area contributed by atoms with Crippen LogP contribution in [0, 0.1) is 11.6 Å². The Balaban J connectivity index is 1.05. The molecule has 3 aliphatic heterocycles. The van der Waals surface area contributed by atoms with Crippen molar-refractivity contribution in [3.8, 4) is 45.8 Å². The largest absolute Gasteiger partial charge is 0.473 e. The first-order valence-corrected chi connectivity index (χ1v) is 26.0. The van der Waals surface area contributed by atoms with Gasteiger partial charge in [0, 0.05) is 67.3 Å². The van der Waals surface area contributed by atoms with Gasteiger partial charge in [0.15, 0.2) is 0 Å². The van der Waals surface area contributed by atoms with Gasteiger partial charge in [-0.15, -0.1) is 10.2 Å². The minimum absolute atomic E-state index is 0.0654. The number of nitrogens with one attached hydrogen (secondary N) is 1. The van der Waals surface area contributed by atoms with Crippen LogP contribution in [0.4, 0.5) is 8.78 Å². The molecule has 0 saturated carbocycles. The highest BCUT2D eigenvalue weighted by Crippen LogP contribution is 2.40. The van der Waals surface area contributed by atoms with E-state index in [2.05, 4.69) is 25.1 Å². The maximum absolute atomic E-state index is 17.0. The molecule has 22 heteroatoms. The van der Waals surface area contributed by atoms with E-state index >= 15 is 8.78 Å². The Morgan fingerprint density at radius 1 is 0.737 bits per heavy atom. The van der Waals surface area contributed by atoms with E-state index in [1.54, 1.807) is 55.0 Å². The molecule has 400 valence electrons. The van der Waals surface area contributed by atoms with E-state index in [4.69, 9.17) is 39.3 Å². The summed E-state index contributed by atoms with van der Waals surface area (Å²) in [6.07, 6.45) is 11.4. The van der Waals surface area contributed by atoms with Crippen LogP contribution in [-0.2, 0) is 33.4 Å². The SMILES string of the molecule is CC(C)Oc1nn(CCO)c2c1/C=C/c1nn(Cn3ncc4c3O[C@@H](C)CN(C)Cc3c(c(OC(C)C)nn3[C@@H](C)CO)/C=C/c3n[nH]c5cc(F)c-4cc35)c3cc(F)c(cc13)-c1cnn(C)c1O[C@@H]1CCCN(C2)C1. The number of H-pyrrole nitrogens is 1. The molecule has 20 nitrogen and oxygen atoms in total. The molecule has 6 bridgehead atoms. The summed E-state index contributed by atoms with van der Waals surface area (Å²) in [5, 5.41) is 53.7. The van der Waals surface area contributed by atoms with Gasteiger partial charge in [0.05, 0.1) is 106 Å². The first-order chi connectivity index (χ1) is 36.6. The van der Waals surface area contributed by atoms with E-state index in [1.807, 2.05) is 72.9 Å². The Labute approximate surface area is 437 Å². The number of aromatic amines is 1. The number of fused-ring (bicyclic) bond motifs is 10. The molecule has 3 N–H and O–H groups in total. The van der Waals surface area contributed by atoms with Crippen molar-refractivity contribution in [1.82, 2.24) is 68.9 Å². The molecule has 76 heavy (non-hydrogen) atoms. The van der Waals surface area contributed by atoms with E-state index in [-0.39, 0.29) is 62.2 Å². The number of piperidine rings is 1. The van der Waals surface area contributed by atoms with Crippen LogP contribution in [0.15, 0.2) is 36.7 Å². The average molecular weight is 1040 g/mol. The van der Waals surface area contributed by atoms with Crippen LogP contribution in [-0.4, -0.2) is 143 Å². The molecule has 0 aliphatic carbocycles. The maximum atomic E-state index is 17.0. The van der Waals surface area contributed by atoms with Crippen LogP contribution in [0.25, 0.3) is 68.4 Å². The van der Waals surface area contributed by atoms with Crippen molar-refractivity contribution < 1.29 is 37.9 Å². The molecule has 2 aromatic carbocycles. The van der Waals surface area contributed by atoms with Crippen molar-refractivity contribution in [2.75, 3.05) is 39.9 Å². The van der Waals surface area contributed by atoms with E-state index in [0.717, 1.165) is 41.9 Å². The Kier molecular flexibility index (Phi) is 13.8. The number of likely N-dealkylation sites (N-methyl/N-ethyl adjacent to an activating group) is 1. The van der Waals surface area contributed by atoms with Crippen LogP contribution < -0.4 is 18.9 Å². The highest BCUT2D eigenvalue weighted by molar-refractivity contribution is 5.95. The van der Waals surface area contributed by atoms with Crippen LogP contribution >= 0.6 is 0 Å². The van der Waals surface area contributed by atoms with Crippen LogP contribution in [0.3, 0.4) is 0 Å². The molecule has 3 aliphatic rings. The number of rotatable bonds is 10. The monoisotopic (exact) mass is 1040 g/mol. The van der Waals surface area contributed by atoms with Crippen molar-refractivity contribution in [2.45, 2.75) is 111 Å². The molecule has 8 aromatic rings. The summed E-state index contributed by atoms with van der Waals surface area (Å²) in [7, 11) is 3.76. The molecule has 11 rings (SSSR count). The van der Waals surface area contributed by atoms with Gasteiger partial charge in [0.1, 0.15) is 30.5 Å². The molecule has 0 radical (unpaired) electrons. The number of halogens is 2. The Morgan fingerprint density at radius 2 is 1.43 bits per heavy atom. The summed E-state index contributed by atoms with van der Waals surface area (Å²) in [4.78, 5) is 4.40. The molecule has 9 heterocycles. The molecule has 1 fully saturated rings. The van der Waals surface area contributed by atoms with E-state index in [1.165, 1.54) is 12.1 Å². The second-order valence-electron chi connectivity index (χ2n) is 20.7. The third-order valence-corrected chi connectivity index (χ3v) is 14.1. The van der Waals surface area contributed by atoms with Gasteiger partial charge in [-0.1, -0.05) is 0 Å². The van der Waals surface area contributed by atoms with Crippen molar-refractivity contribution in [3.05, 3.63) is 82.2 Å². The lowest BCUT2D eigenvalue weighted by molar-refractivity contribution is 0.0762. The molecule has 0 spiro atoms. The van der Waals surface area contributed by atoms with Crippen molar-refractivity contribution >= 4 is 46.1 Å². The number of aryl methyl sites for hydroxylation is 1. The predicted molar refractivity (Wildman–Crippen MR) is 283 cm³/mol. The van der Waals surface area contributed by atoms with Gasteiger partial charge in [-0.25, -0.2) is 22.8 Å². The summed E-state index contributed by atoms with van der Waals surface area (Å²) < 4.78 is 68.4. The standard InChI is InChI=1S/C54H64F2N14O6/c1-30(2)73-51-35-12-14-46-40-19-38(41-22-57-65(8)53(41)76-34-10-9-15-66(25-34)27-49(35)67(62-51)16-17-71)44(56)21-48(40)68(61-46)29-69-54-42(23-58-69)37-18-39-45(59-60-47(39)20-43(37)55)13-11-36-50(26-64(7)24-33(6)75-54)70(32(5)28-72)63-52(36)74-31(3)4/h11-14,18-23,30-34,71-72H,9-10,15-17,24-29H2,1-8H3,(H,59,60)/b13-11+,14-12+/t32-,33-,34+/m0/s1. The first kappa shape index (κ1) is 50.7. The third-order valence-electron chi connectivity index (χ3n) is 14.1. The molecular weight excluding hydrogens is 979 g/mol. The number of ether oxygens (including phenoxy) is 4. The van der Waals surface area contributed by atoms with Gasteiger partial charge in [0.25, 0.3) is 0 Å². The third kappa shape index (κ3) is 9.62. The van der Waals surface area contributed by atoms with Gasteiger partial charge < -0.3 is 29.2 Å². The topological polar surface area (TPSA) is 202 Å². The zero-order valence-electron chi connectivity index (χ0n) is 44.0. The number of aliphatic hydroxyl groups is 2. The summed E-state index contributed by atoms with van der Waals surface area (Å²) in [5.74, 6) is 0.531. The van der Waals surface area contributed by atoms with Crippen LogP contribution in [0.1, 0.15) is 94.3 Å². The zero-order chi connectivity index (χ0) is 53.1. The Morgan fingerprint density at radius 3 is 2.18 bits per heavy atom. The highest BCUT2D eigenvalue weighted by atomic mass is 19.1. The smallest absolute Gasteiger partial charge is 0.240 e. The van der Waals surface area contributed by atoms with Crippen molar-refractivity contribution in [1.29, 1.82) is 0 Å². The number of benzene rings is 2. The molecule has 1 unspecified atom stereocenters. The zero-order valence-corrected chi connectivity index (χ0v) is 44.0. The number of aliphatic hydroxyl groups excluding tert-OH is 2. The van der Waals surface area contributed by atoms with Crippen molar-refractivity contribution in [3.63, 3.8) is 0 Å². The molecule has 1 saturated heterocycles.